The van der Waals surface area contributed by atoms with Crippen LogP contribution >= 0.6 is 23.2 Å². The van der Waals surface area contributed by atoms with Gasteiger partial charge in [0, 0.05) is 31.7 Å². The Morgan fingerprint density at radius 1 is 0.977 bits per heavy atom. The normalized spacial score (nSPS) is 21.6. The van der Waals surface area contributed by atoms with Crippen molar-refractivity contribution in [3.05, 3.63) is 92.5 Å². The molecule has 1 aliphatic carbocycles. The molecule has 0 unspecified atom stereocenters. The van der Waals surface area contributed by atoms with Gasteiger partial charge in [0.2, 0.25) is 0 Å². The van der Waals surface area contributed by atoms with E-state index in [1.54, 1.807) is 0 Å². The molecule has 0 amide bonds. The van der Waals surface area contributed by atoms with Crippen molar-refractivity contribution in [3.63, 3.8) is 0 Å². The molecular weight excluding hydrogens is 595 g/mol. The summed E-state index contributed by atoms with van der Waals surface area (Å²) in [5, 5.41) is 1.07. The molecule has 0 saturated heterocycles. The standard InChI is InChI=1S/C36H42Cl2N2O4/c1-4-33(25-11-14-30(37)31(38)16-25)43-29-12-9-24(10-13-29)35-22-39(2)20-28-15-26-17-32(36(41)42-3)40(19-23-7-5-6-8-23)21-27(26)18-34(28)44-35/h9-16,18,23,32-33,35H,4-8,17,19-22H2,1-3H3/t32-,33+,35+/m0/s1. The Kier molecular flexibility index (Phi) is 9.72. The summed E-state index contributed by atoms with van der Waals surface area (Å²) in [6.45, 7) is 5.33. The Balaban J connectivity index is 1.20. The van der Waals surface area contributed by atoms with E-state index in [1.807, 2.05) is 30.3 Å². The van der Waals surface area contributed by atoms with Crippen LogP contribution in [-0.2, 0) is 29.0 Å². The van der Waals surface area contributed by atoms with Gasteiger partial charge in [-0.15, -0.1) is 0 Å². The molecule has 1 fully saturated rings. The van der Waals surface area contributed by atoms with Gasteiger partial charge in [0.15, 0.2) is 0 Å². The van der Waals surface area contributed by atoms with Gasteiger partial charge in [-0.05, 0) is 91.2 Å². The first-order chi connectivity index (χ1) is 21.3. The minimum absolute atomic E-state index is 0.119. The van der Waals surface area contributed by atoms with Gasteiger partial charge >= 0.3 is 5.97 Å². The van der Waals surface area contributed by atoms with E-state index in [9.17, 15) is 4.79 Å². The number of likely N-dealkylation sites (N-methyl/N-ethyl adjacent to an activating group) is 1. The zero-order valence-electron chi connectivity index (χ0n) is 25.9. The third-order valence-electron chi connectivity index (χ3n) is 9.45. The summed E-state index contributed by atoms with van der Waals surface area (Å²) in [5.41, 5.74) is 5.74. The number of rotatable bonds is 8. The van der Waals surface area contributed by atoms with Crippen LogP contribution in [0, 0.1) is 5.92 Å². The molecule has 44 heavy (non-hydrogen) atoms. The van der Waals surface area contributed by atoms with Crippen LogP contribution in [0.15, 0.2) is 54.6 Å². The van der Waals surface area contributed by atoms with E-state index in [2.05, 4.69) is 48.0 Å². The molecule has 3 aromatic rings. The number of fused-ring (bicyclic) bond motifs is 2. The lowest BCUT2D eigenvalue weighted by atomic mass is 9.90. The quantitative estimate of drug-likeness (QED) is 0.232. The van der Waals surface area contributed by atoms with Crippen molar-refractivity contribution in [1.82, 2.24) is 9.80 Å². The summed E-state index contributed by atoms with van der Waals surface area (Å²) >= 11 is 12.4. The zero-order chi connectivity index (χ0) is 30.8. The zero-order valence-corrected chi connectivity index (χ0v) is 27.4. The summed E-state index contributed by atoms with van der Waals surface area (Å²) < 4.78 is 18.4. The second-order valence-corrected chi connectivity index (χ2v) is 13.4. The fraction of sp³-hybridized carbons (Fsp3) is 0.472. The SMILES string of the molecule is CC[C@@H](Oc1ccc([C@H]2CN(C)Cc3cc4c(cc3O2)CN(CC2CCCC2)[C@H](C(=O)OC)C4)cc1)c1ccc(Cl)c(Cl)c1. The lowest BCUT2D eigenvalue weighted by molar-refractivity contribution is -0.148. The fourth-order valence-electron chi connectivity index (χ4n) is 7.07. The van der Waals surface area contributed by atoms with Gasteiger partial charge in [0.05, 0.1) is 17.2 Å². The highest BCUT2D eigenvalue weighted by molar-refractivity contribution is 6.42. The van der Waals surface area contributed by atoms with Gasteiger partial charge in [-0.3, -0.25) is 14.6 Å². The molecule has 2 aliphatic heterocycles. The van der Waals surface area contributed by atoms with E-state index < -0.39 is 0 Å². The number of esters is 1. The van der Waals surface area contributed by atoms with Crippen molar-refractivity contribution in [3.8, 4) is 11.5 Å². The average molecular weight is 638 g/mol. The first kappa shape index (κ1) is 31.2. The van der Waals surface area contributed by atoms with E-state index in [-0.39, 0.29) is 24.2 Å². The number of benzene rings is 3. The van der Waals surface area contributed by atoms with Crippen LogP contribution in [0.25, 0.3) is 0 Å². The molecule has 6 nitrogen and oxygen atoms in total. The number of ether oxygens (including phenoxy) is 3. The van der Waals surface area contributed by atoms with E-state index in [0.29, 0.717) is 22.4 Å². The predicted octanol–water partition coefficient (Wildman–Crippen LogP) is 8.18. The third kappa shape index (κ3) is 6.89. The molecule has 6 rings (SSSR count). The maximum Gasteiger partial charge on any atom is 0.323 e. The number of methoxy groups -OCH3 is 1. The summed E-state index contributed by atoms with van der Waals surface area (Å²) in [4.78, 5) is 17.5. The third-order valence-corrected chi connectivity index (χ3v) is 10.2. The number of halogens is 2. The largest absolute Gasteiger partial charge is 0.486 e. The summed E-state index contributed by atoms with van der Waals surface area (Å²) in [5.74, 6) is 2.25. The van der Waals surface area contributed by atoms with Crippen molar-refractivity contribution >= 4 is 29.2 Å². The topological polar surface area (TPSA) is 51.2 Å². The first-order valence-corrected chi connectivity index (χ1v) is 16.6. The Hall–Kier alpha value is -2.77. The van der Waals surface area contributed by atoms with Gasteiger partial charge in [-0.25, -0.2) is 0 Å². The van der Waals surface area contributed by atoms with Crippen LogP contribution in [0.1, 0.15) is 79.1 Å². The maximum atomic E-state index is 12.8. The van der Waals surface area contributed by atoms with E-state index in [1.165, 1.54) is 43.9 Å². The van der Waals surface area contributed by atoms with Gasteiger partial charge in [0.1, 0.15) is 29.7 Å². The molecule has 234 valence electrons. The number of nitrogens with zero attached hydrogens (tertiary/aromatic N) is 2. The number of carbonyl (C=O) groups excluding carboxylic acids is 1. The maximum absolute atomic E-state index is 12.8. The highest BCUT2D eigenvalue weighted by Crippen LogP contribution is 2.38. The molecular formula is C36H42Cl2N2O4. The highest BCUT2D eigenvalue weighted by atomic mass is 35.5. The van der Waals surface area contributed by atoms with E-state index >= 15 is 0 Å². The van der Waals surface area contributed by atoms with E-state index in [0.717, 1.165) is 60.8 Å². The van der Waals surface area contributed by atoms with E-state index in [4.69, 9.17) is 37.4 Å². The second-order valence-electron chi connectivity index (χ2n) is 12.6. The van der Waals surface area contributed by atoms with Crippen molar-refractivity contribution in [2.24, 2.45) is 5.92 Å². The predicted molar refractivity (Wildman–Crippen MR) is 175 cm³/mol. The Bertz CT molecular complexity index is 1470. The van der Waals surface area contributed by atoms with Crippen LogP contribution in [0.5, 0.6) is 11.5 Å². The number of hydrogen-bond donors (Lipinski definition) is 0. The smallest absolute Gasteiger partial charge is 0.323 e. The molecule has 0 radical (unpaired) electrons. The monoisotopic (exact) mass is 636 g/mol. The number of hydrogen-bond acceptors (Lipinski definition) is 6. The molecule has 8 heteroatoms. The average Bonchev–Trinajstić information content (AvgIpc) is 3.48. The van der Waals surface area contributed by atoms with Crippen LogP contribution in [0.4, 0.5) is 0 Å². The van der Waals surface area contributed by atoms with Crippen molar-refractivity contribution < 1.29 is 19.0 Å². The van der Waals surface area contributed by atoms with Crippen LogP contribution in [-0.4, -0.2) is 49.1 Å². The van der Waals surface area contributed by atoms with Crippen molar-refractivity contribution in [2.45, 2.75) is 76.8 Å². The Labute approximate surface area is 271 Å². The Morgan fingerprint density at radius 2 is 1.75 bits per heavy atom. The lowest BCUT2D eigenvalue weighted by Gasteiger charge is -2.37. The van der Waals surface area contributed by atoms with Gasteiger partial charge in [0.25, 0.3) is 0 Å². The van der Waals surface area contributed by atoms with Crippen molar-refractivity contribution in [1.29, 1.82) is 0 Å². The summed E-state index contributed by atoms with van der Waals surface area (Å²) in [6.07, 6.45) is 6.31. The Morgan fingerprint density at radius 3 is 2.45 bits per heavy atom. The molecule has 2 heterocycles. The fourth-order valence-corrected chi connectivity index (χ4v) is 7.37. The molecule has 1 saturated carbocycles. The molecule has 0 bridgehead atoms. The van der Waals surface area contributed by atoms with Gasteiger partial charge in [-0.2, -0.15) is 0 Å². The van der Waals surface area contributed by atoms with Crippen molar-refractivity contribution in [2.75, 3.05) is 27.2 Å². The molecule has 0 spiro atoms. The highest BCUT2D eigenvalue weighted by Gasteiger charge is 2.35. The van der Waals surface area contributed by atoms with Crippen LogP contribution < -0.4 is 9.47 Å². The van der Waals surface area contributed by atoms with Gasteiger partial charge in [-0.1, -0.05) is 67.2 Å². The first-order valence-electron chi connectivity index (χ1n) is 15.8. The van der Waals surface area contributed by atoms with Gasteiger partial charge < -0.3 is 14.2 Å². The number of carbonyl (C=O) groups is 1. The second kappa shape index (κ2) is 13.7. The molecule has 3 aliphatic rings. The molecule has 3 aromatic carbocycles. The molecule has 3 atom stereocenters. The minimum Gasteiger partial charge on any atom is -0.486 e. The molecule has 0 aromatic heterocycles. The minimum atomic E-state index is -0.229. The summed E-state index contributed by atoms with van der Waals surface area (Å²) in [6, 6.07) is 18.2. The van der Waals surface area contributed by atoms with Crippen LogP contribution in [0.3, 0.4) is 0 Å². The van der Waals surface area contributed by atoms with Crippen LogP contribution in [0.2, 0.25) is 10.0 Å². The summed E-state index contributed by atoms with van der Waals surface area (Å²) in [7, 11) is 3.63. The lowest BCUT2D eigenvalue weighted by Crippen LogP contribution is -2.47. The molecule has 0 N–H and O–H groups in total.